The summed E-state index contributed by atoms with van der Waals surface area (Å²) >= 11 is 1.16. The van der Waals surface area contributed by atoms with Gasteiger partial charge in [-0.25, -0.2) is 9.59 Å². The van der Waals surface area contributed by atoms with Gasteiger partial charge in [-0.1, -0.05) is 0 Å². The first-order valence-electron chi connectivity index (χ1n) is 5.59. The fraction of sp³-hybridized carbons (Fsp3) is 0.0769. The number of carboxylic acid groups (broad SMARTS) is 3. The summed E-state index contributed by atoms with van der Waals surface area (Å²) in [6.45, 7) is 1.41. The van der Waals surface area contributed by atoms with Crippen LogP contribution in [-0.2, 0) is 0 Å². The first-order valence-corrected chi connectivity index (χ1v) is 6.47. The molecule has 0 saturated heterocycles. The van der Waals surface area contributed by atoms with Gasteiger partial charge in [0.25, 0.3) is 0 Å². The molecular formula is C13H9O8S-. The van der Waals surface area contributed by atoms with Crippen molar-refractivity contribution in [2.24, 2.45) is 0 Å². The summed E-state index contributed by atoms with van der Waals surface area (Å²) in [6, 6.07) is 3.46. The average Bonchev–Trinajstić information content (AvgIpc) is 3.09. The second kappa shape index (κ2) is 7.18. The number of aromatic carboxylic acids is 3. The van der Waals surface area contributed by atoms with Crippen molar-refractivity contribution in [3.63, 3.8) is 0 Å². The van der Waals surface area contributed by atoms with E-state index in [1.54, 1.807) is 0 Å². The van der Waals surface area contributed by atoms with E-state index in [9.17, 15) is 24.3 Å². The van der Waals surface area contributed by atoms with Crippen molar-refractivity contribution in [1.82, 2.24) is 0 Å². The van der Waals surface area contributed by atoms with Gasteiger partial charge in [0.2, 0.25) is 5.76 Å². The summed E-state index contributed by atoms with van der Waals surface area (Å²) in [5, 5.41) is 28.2. The number of ketones is 1. The number of Topliss-reactive ketones (excluding diaryl/α,β-unsaturated/α-hetero) is 1. The third kappa shape index (κ3) is 4.56. The number of carbonyl (C=O) groups excluding carboxylic acids is 2. The third-order valence-corrected chi connectivity index (χ3v) is 3.24. The SMILES string of the molecule is CC(=O)c1cc(C(=O)O)cs1.O=C([O-])c1ccc(C(=O)O)o1. The van der Waals surface area contributed by atoms with Crippen molar-refractivity contribution in [3.05, 3.63) is 45.5 Å². The first kappa shape index (κ1) is 17.1. The number of rotatable bonds is 4. The first-order chi connectivity index (χ1) is 10.2. The second-order valence-corrected chi connectivity index (χ2v) is 4.73. The molecule has 2 aromatic rings. The van der Waals surface area contributed by atoms with E-state index in [-0.39, 0.29) is 11.3 Å². The number of furan rings is 1. The molecule has 8 nitrogen and oxygen atoms in total. The van der Waals surface area contributed by atoms with E-state index < -0.39 is 29.4 Å². The molecule has 0 bridgehead atoms. The smallest absolute Gasteiger partial charge is 0.371 e. The van der Waals surface area contributed by atoms with Gasteiger partial charge in [-0.3, -0.25) is 4.79 Å². The van der Waals surface area contributed by atoms with Gasteiger partial charge < -0.3 is 24.5 Å². The molecule has 116 valence electrons. The normalized spacial score (nSPS) is 9.50. The lowest BCUT2D eigenvalue weighted by Gasteiger charge is -1.92. The van der Waals surface area contributed by atoms with Crippen molar-refractivity contribution in [3.8, 4) is 0 Å². The monoisotopic (exact) mass is 325 g/mol. The second-order valence-electron chi connectivity index (χ2n) is 3.82. The van der Waals surface area contributed by atoms with Crippen LogP contribution in [0, 0.1) is 0 Å². The minimum atomic E-state index is -1.53. The van der Waals surface area contributed by atoms with Crippen molar-refractivity contribution in [2.75, 3.05) is 0 Å². The number of hydrogen-bond donors (Lipinski definition) is 2. The van der Waals surface area contributed by atoms with Gasteiger partial charge in [-0.05, 0) is 25.1 Å². The quantitative estimate of drug-likeness (QED) is 0.791. The standard InChI is InChI=1S/C7H6O3S.C6H4O5/c1-4(8)6-2-5(3-11-6)7(9)10;7-5(8)3-1-2-4(11-3)6(9)10/h2-3H,1H3,(H,9,10);1-2H,(H,7,8)(H,9,10)/p-1. The highest BCUT2D eigenvalue weighted by atomic mass is 32.1. The van der Waals surface area contributed by atoms with Crippen LogP contribution in [0.2, 0.25) is 0 Å². The zero-order valence-corrected chi connectivity index (χ0v) is 11.9. The summed E-state index contributed by atoms with van der Waals surface area (Å²) in [4.78, 5) is 41.7. The van der Waals surface area contributed by atoms with Crippen molar-refractivity contribution < 1.29 is 38.9 Å². The van der Waals surface area contributed by atoms with E-state index in [0.29, 0.717) is 4.88 Å². The molecule has 22 heavy (non-hydrogen) atoms. The molecule has 0 fully saturated rings. The fourth-order valence-electron chi connectivity index (χ4n) is 1.20. The molecule has 0 aliphatic heterocycles. The summed E-state index contributed by atoms with van der Waals surface area (Å²) in [5.74, 6) is -4.82. The van der Waals surface area contributed by atoms with Crippen LogP contribution in [0.1, 0.15) is 48.1 Å². The Morgan fingerprint density at radius 2 is 1.68 bits per heavy atom. The summed E-state index contributed by atoms with van der Waals surface area (Å²) < 4.78 is 4.34. The molecule has 9 heteroatoms. The summed E-state index contributed by atoms with van der Waals surface area (Å²) in [6.07, 6.45) is 0. The Balaban J connectivity index is 0.000000220. The third-order valence-electron chi connectivity index (χ3n) is 2.21. The van der Waals surface area contributed by atoms with Crippen molar-refractivity contribution in [2.45, 2.75) is 6.92 Å². The van der Waals surface area contributed by atoms with Crippen LogP contribution >= 0.6 is 11.3 Å². The van der Waals surface area contributed by atoms with Crippen molar-refractivity contribution >= 4 is 35.0 Å². The molecule has 2 rings (SSSR count). The van der Waals surface area contributed by atoms with Crippen LogP contribution in [0.15, 0.2) is 28.0 Å². The lowest BCUT2D eigenvalue weighted by Crippen LogP contribution is -2.21. The average molecular weight is 325 g/mol. The Morgan fingerprint density at radius 3 is 1.95 bits per heavy atom. The molecule has 0 amide bonds. The minimum Gasteiger partial charge on any atom is -0.542 e. The summed E-state index contributed by atoms with van der Waals surface area (Å²) in [5.41, 5.74) is 0.181. The van der Waals surface area contributed by atoms with E-state index in [1.165, 1.54) is 18.4 Å². The topological polar surface area (TPSA) is 145 Å². The molecule has 0 atom stereocenters. The highest BCUT2D eigenvalue weighted by Gasteiger charge is 2.09. The molecule has 0 radical (unpaired) electrons. The van der Waals surface area contributed by atoms with E-state index in [0.717, 1.165) is 23.5 Å². The molecule has 2 heterocycles. The highest BCUT2D eigenvalue weighted by Crippen LogP contribution is 2.14. The maximum absolute atomic E-state index is 10.7. The fourth-order valence-corrected chi connectivity index (χ4v) is 1.98. The summed E-state index contributed by atoms with van der Waals surface area (Å²) in [7, 11) is 0. The van der Waals surface area contributed by atoms with Crippen molar-refractivity contribution in [1.29, 1.82) is 0 Å². The van der Waals surface area contributed by atoms with Gasteiger partial charge in [0.15, 0.2) is 11.5 Å². The predicted octanol–water partition coefficient (Wildman–Crippen LogP) is 0.990. The maximum atomic E-state index is 10.7. The molecule has 0 spiro atoms. The Hall–Kier alpha value is -2.94. The van der Waals surface area contributed by atoms with Gasteiger partial charge in [-0.15, -0.1) is 11.3 Å². The number of thiophene rings is 1. The van der Waals surface area contributed by atoms with Crippen LogP contribution in [0.4, 0.5) is 0 Å². The molecule has 0 unspecified atom stereocenters. The number of carbonyl (C=O) groups is 4. The van der Waals surface area contributed by atoms with Gasteiger partial charge in [-0.2, -0.15) is 0 Å². The minimum absolute atomic E-state index is 0.0949. The highest BCUT2D eigenvalue weighted by molar-refractivity contribution is 7.12. The zero-order valence-electron chi connectivity index (χ0n) is 11.1. The van der Waals surface area contributed by atoms with Gasteiger partial charge in [0.05, 0.1) is 10.4 Å². The van der Waals surface area contributed by atoms with Crippen LogP contribution in [0.3, 0.4) is 0 Å². The molecular weight excluding hydrogens is 316 g/mol. The van der Waals surface area contributed by atoms with Gasteiger partial charge >= 0.3 is 11.9 Å². The number of hydrogen-bond acceptors (Lipinski definition) is 7. The molecule has 2 N–H and O–H groups in total. The predicted molar refractivity (Wildman–Crippen MR) is 71.3 cm³/mol. The molecule has 0 aliphatic rings. The van der Waals surface area contributed by atoms with E-state index in [4.69, 9.17) is 10.2 Å². The van der Waals surface area contributed by atoms with E-state index in [1.807, 2.05) is 0 Å². The van der Waals surface area contributed by atoms with Gasteiger partial charge in [0, 0.05) is 5.38 Å². The molecule has 0 aromatic carbocycles. The lowest BCUT2D eigenvalue weighted by atomic mass is 10.3. The van der Waals surface area contributed by atoms with E-state index in [2.05, 4.69) is 4.42 Å². The van der Waals surface area contributed by atoms with E-state index >= 15 is 0 Å². The Morgan fingerprint density at radius 1 is 1.09 bits per heavy atom. The van der Waals surface area contributed by atoms with Gasteiger partial charge in [0.1, 0.15) is 5.97 Å². The zero-order chi connectivity index (χ0) is 16.9. The largest absolute Gasteiger partial charge is 0.542 e. The lowest BCUT2D eigenvalue weighted by molar-refractivity contribution is -0.257. The molecule has 0 saturated carbocycles. The maximum Gasteiger partial charge on any atom is 0.371 e. The van der Waals surface area contributed by atoms with Crippen LogP contribution in [-0.4, -0.2) is 33.9 Å². The van der Waals surface area contributed by atoms with Crippen LogP contribution in [0.5, 0.6) is 0 Å². The Kier molecular flexibility index (Phi) is 5.58. The molecule has 2 aromatic heterocycles. The van der Waals surface area contributed by atoms with Crippen LogP contribution < -0.4 is 5.11 Å². The number of carboxylic acids is 3. The molecule has 0 aliphatic carbocycles. The Labute approximate surface area is 127 Å². The Bertz CT molecular complexity index is 605. The van der Waals surface area contributed by atoms with Crippen LogP contribution in [0.25, 0.3) is 0 Å².